The first kappa shape index (κ1) is 17.5. The molecule has 26 heavy (non-hydrogen) atoms. The highest BCUT2D eigenvalue weighted by atomic mass is 16.1. The molecule has 0 spiro atoms. The van der Waals surface area contributed by atoms with Crippen LogP contribution in [-0.2, 0) is 11.2 Å². The average Bonchev–Trinajstić information content (AvgIpc) is 3.32. The molecule has 1 saturated heterocycles. The first-order valence-electron chi connectivity index (χ1n) is 10.2. The van der Waals surface area contributed by atoms with Crippen molar-refractivity contribution in [2.45, 2.75) is 69.9 Å². The molecule has 0 amide bonds. The summed E-state index contributed by atoms with van der Waals surface area (Å²) in [5, 5.41) is 13.0. The molecular formula is C23H28N2O. The summed E-state index contributed by atoms with van der Waals surface area (Å²) in [5.41, 5.74) is 3.92. The lowest BCUT2D eigenvalue weighted by atomic mass is 9.88. The van der Waals surface area contributed by atoms with E-state index in [0.29, 0.717) is 24.8 Å². The molecule has 1 N–H and O–H groups in total. The number of ketones is 1. The third kappa shape index (κ3) is 3.76. The van der Waals surface area contributed by atoms with Gasteiger partial charge in [-0.05, 0) is 74.0 Å². The lowest BCUT2D eigenvalue weighted by Gasteiger charge is -2.22. The monoisotopic (exact) mass is 348 g/mol. The predicted octanol–water partition coefficient (Wildman–Crippen LogP) is 4.43. The Morgan fingerprint density at radius 3 is 2.69 bits per heavy atom. The number of rotatable bonds is 6. The van der Waals surface area contributed by atoms with E-state index in [1.165, 1.54) is 49.7 Å². The molecule has 1 aromatic rings. The summed E-state index contributed by atoms with van der Waals surface area (Å²) in [6.45, 7) is 0. The van der Waals surface area contributed by atoms with E-state index in [2.05, 4.69) is 41.7 Å². The Balaban J connectivity index is 1.35. The molecule has 0 radical (unpaired) electrons. The highest BCUT2D eigenvalue weighted by Crippen LogP contribution is 2.36. The van der Waals surface area contributed by atoms with Crippen molar-refractivity contribution in [1.29, 1.82) is 5.26 Å². The second-order valence-electron chi connectivity index (χ2n) is 8.29. The zero-order valence-corrected chi connectivity index (χ0v) is 15.4. The number of hydrogen-bond acceptors (Lipinski definition) is 3. The van der Waals surface area contributed by atoms with Crippen molar-refractivity contribution in [2.24, 2.45) is 11.8 Å². The number of nitrogens with one attached hydrogen (secondary N) is 1. The van der Waals surface area contributed by atoms with Crippen LogP contribution in [0.5, 0.6) is 0 Å². The number of fused-ring (bicyclic) bond motifs is 2. The number of nitrogens with zero attached hydrogens (tertiary/aromatic N) is 1. The molecule has 136 valence electrons. The molecule has 3 heteroatoms. The second kappa shape index (κ2) is 7.76. The fourth-order valence-electron chi connectivity index (χ4n) is 4.99. The standard InChI is InChI=1S/C23H28N2O/c24-15-17(13-22(26)23-20-10-11-21(14-20)25-23)12-16-6-8-19(9-7-16)18-4-2-1-3-5-18/h4,6-9,17,20-21,23,25H,1-3,5,10-14H2/t17-,20+,21-,23+/m1/s1. The van der Waals surface area contributed by atoms with Crippen LogP contribution in [0.15, 0.2) is 30.3 Å². The number of allylic oxidation sites excluding steroid dienone is 2. The van der Waals surface area contributed by atoms with Crippen LogP contribution in [0.1, 0.15) is 62.5 Å². The summed E-state index contributed by atoms with van der Waals surface area (Å²) in [5.74, 6) is 0.533. The van der Waals surface area contributed by atoms with Gasteiger partial charge in [-0.1, -0.05) is 30.3 Å². The largest absolute Gasteiger partial charge is 0.304 e. The Labute approximate surface area is 156 Å². The summed E-state index contributed by atoms with van der Waals surface area (Å²) in [4.78, 5) is 12.6. The van der Waals surface area contributed by atoms with Crippen LogP contribution in [0.3, 0.4) is 0 Å². The third-order valence-electron chi connectivity index (χ3n) is 6.43. The van der Waals surface area contributed by atoms with Gasteiger partial charge in [0.2, 0.25) is 0 Å². The van der Waals surface area contributed by atoms with Gasteiger partial charge in [-0.2, -0.15) is 5.26 Å². The van der Waals surface area contributed by atoms with Crippen LogP contribution in [0, 0.1) is 23.2 Å². The Hall–Kier alpha value is -1.92. The van der Waals surface area contributed by atoms with Gasteiger partial charge in [-0.3, -0.25) is 4.79 Å². The fourth-order valence-corrected chi connectivity index (χ4v) is 4.99. The molecule has 1 saturated carbocycles. The molecule has 1 aromatic carbocycles. The number of nitriles is 1. The van der Waals surface area contributed by atoms with Crippen LogP contribution in [0.25, 0.3) is 5.57 Å². The number of carbonyl (C=O) groups excluding carboxylic acids is 1. The molecule has 1 heterocycles. The van der Waals surface area contributed by atoms with Crippen molar-refractivity contribution in [1.82, 2.24) is 5.32 Å². The van der Waals surface area contributed by atoms with E-state index in [1.54, 1.807) is 0 Å². The van der Waals surface area contributed by atoms with Crippen LogP contribution in [-0.4, -0.2) is 17.9 Å². The number of piperidine rings is 1. The third-order valence-corrected chi connectivity index (χ3v) is 6.43. The van der Waals surface area contributed by atoms with E-state index in [4.69, 9.17) is 0 Å². The van der Waals surface area contributed by atoms with Gasteiger partial charge >= 0.3 is 0 Å². The lowest BCUT2D eigenvalue weighted by Crippen LogP contribution is -2.42. The number of benzene rings is 1. The van der Waals surface area contributed by atoms with E-state index in [0.717, 1.165) is 12.0 Å². The normalized spacial score (nSPS) is 28.4. The Morgan fingerprint density at radius 2 is 2.08 bits per heavy atom. The Bertz CT molecular complexity index is 728. The number of carbonyl (C=O) groups is 1. The van der Waals surface area contributed by atoms with Crippen molar-refractivity contribution in [3.8, 4) is 6.07 Å². The van der Waals surface area contributed by atoms with Crippen LogP contribution < -0.4 is 5.32 Å². The number of Topliss-reactive ketones (excluding diaryl/α,β-unsaturated/α-hetero) is 1. The first-order chi connectivity index (χ1) is 12.7. The van der Waals surface area contributed by atoms with Gasteiger partial charge in [-0.15, -0.1) is 0 Å². The van der Waals surface area contributed by atoms with Gasteiger partial charge in [0.1, 0.15) is 0 Å². The molecule has 3 aliphatic rings. The molecular weight excluding hydrogens is 320 g/mol. The van der Waals surface area contributed by atoms with Gasteiger partial charge in [-0.25, -0.2) is 0 Å². The highest BCUT2D eigenvalue weighted by Gasteiger charge is 2.42. The summed E-state index contributed by atoms with van der Waals surface area (Å²) in [6.07, 6.45) is 11.9. The SMILES string of the molecule is N#C[C@@H](CC(=O)[C@H]1N[C@@H]2CC[C@H]1C2)Cc1ccc(C2=CCCCC2)cc1. The fraction of sp³-hybridized carbons (Fsp3) is 0.565. The molecule has 4 atom stereocenters. The van der Waals surface area contributed by atoms with E-state index in [-0.39, 0.29) is 17.7 Å². The Morgan fingerprint density at radius 1 is 1.23 bits per heavy atom. The predicted molar refractivity (Wildman–Crippen MR) is 103 cm³/mol. The summed E-state index contributed by atoms with van der Waals surface area (Å²) < 4.78 is 0. The maximum atomic E-state index is 12.6. The minimum absolute atomic E-state index is 0.00483. The quantitative estimate of drug-likeness (QED) is 0.827. The average molecular weight is 348 g/mol. The molecule has 3 nitrogen and oxygen atoms in total. The first-order valence-corrected chi connectivity index (χ1v) is 10.2. The lowest BCUT2D eigenvalue weighted by molar-refractivity contribution is -0.122. The van der Waals surface area contributed by atoms with Crippen molar-refractivity contribution in [2.75, 3.05) is 0 Å². The number of hydrogen-bond donors (Lipinski definition) is 1. The summed E-state index contributed by atoms with van der Waals surface area (Å²) in [7, 11) is 0. The topological polar surface area (TPSA) is 52.9 Å². The summed E-state index contributed by atoms with van der Waals surface area (Å²) >= 11 is 0. The van der Waals surface area contributed by atoms with Crippen molar-refractivity contribution in [3.05, 3.63) is 41.5 Å². The minimum atomic E-state index is -0.219. The maximum Gasteiger partial charge on any atom is 0.151 e. The van der Waals surface area contributed by atoms with Gasteiger partial charge in [0, 0.05) is 12.5 Å². The van der Waals surface area contributed by atoms with E-state index < -0.39 is 0 Å². The van der Waals surface area contributed by atoms with Gasteiger partial charge in [0.15, 0.2) is 5.78 Å². The van der Waals surface area contributed by atoms with Crippen LogP contribution in [0.2, 0.25) is 0 Å². The van der Waals surface area contributed by atoms with Crippen LogP contribution in [0.4, 0.5) is 0 Å². The van der Waals surface area contributed by atoms with Gasteiger partial charge in [0.05, 0.1) is 18.0 Å². The van der Waals surface area contributed by atoms with E-state index in [9.17, 15) is 10.1 Å². The second-order valence-corrected chi connectivity index (χ2v) is 8.29. The molecule has 0 unspecified atom stereocenters. The molecule has 2 bridgehead atoms. The Kier molecular flexibility index (Phi) is 5.22. The molecule has 0 aromatic heterocycles. The van der Waals surface area contributed by atoms with Gasteiger partial charge in [0.25, 0.3) is 0 Å². The minimum Gasteiger partial charge on any atom is -0.304 e. The van der Waals surface area contributed by atoms with Crippen molar-refractivity contribution < 1.29 is 4.79 Å². The van der Waals surface area contributed by atoms with Gasteiger partial charge < -0.3 is 5.32 Å². The zero-order chi connectivity index (χ0) is 17.9. The van der Waals surface area contributed by atoms with Crippen molar-refractivity contribution >= 4 is 11.4 Å². The maximum absolute atomic E-state index is 12.6. The molecule has 1 aliphatic heterocycles. The van der Waals surface area contributed by atoms with Crippen molar-refractivity contribution in [3.63, 3.8) is 0 Å². The van der Waals surface area contributed by atoms with E-state index in [1.807, 2.05) is 0 Å². The molecule has 2 aliphatic carbocycles. The zero-order valence-electron chi connectivity index (χ0n) is 15.4. The highest BCUT2D eigenvalue weighted by molar-refractivity contribution is 5.85. The summed E-state index contributed by atoms with van der Waals surface area (Å²) in [6, 6.07) is 11.5. The molecule has 2 fully saturated rings. The molecule has 4 rings (SSSR count). The smallest absolute Gasteiger partial charge is 0.151 e. The van der Waals surface area contributed by atoms with E-state index >= 15 is 0 Å². The van der Waals surface area contributed by atoms with Crippen LogP contribution >= 0.6 is 0 Å².